The fraction of sp³-hybridized carbons (Fsp3) is 0.364. The third-order valence-corrected chi connectivity index (χ3v) is 6.02. The summed E-state index contributed by atoms with van der Waals surface area (Å²) in [6.45, 7) is 2.75. The minimum atomic E-state index is 0.173. The Morgan fingerprint density at radius 2 is 2.21 bits per heavy atom. The van der Waals surface area contributed by atoms with Crippen LogP contribution in [-0.2, 0) is 11.3 Å². The van der Waals surface area contributed by atoms with E-state index in [2.05, 4.69) is 37.6 Å². The summed E-state index contributed by atoms with van der Waals surface area (Å²) in [6, 6.07) is 11.8. The number of hydrogen-bond donors (Lipinski definition) is 1. The number of aromatic nitrogens is 5. The molecule has 146 valence electrons. The van der Waals surface area contributed by atoms with Crippen molar-refractivity contribution in [1.29, 1.82) is 5.26 Å². The van der Waals surface area contributed by atoms with Crippen LogP contribution in [-0.4, -0.2) is 30.7 Å². The highest BCUT2D eigenvalue weighted by Crippen LogP contribution is 2.42. The quantitative estimate of drug-likeness (QED) is 0.560. The van der Waals surface area contributed by atoms with Gasteiger partial charge >= 0.3 is 0 Å². The summed E-state index contributed by atoms with van der Waals surface area (Å²) in [5.74, 6) is 1.79. The van der Waals surface area contributed by atoms with Gasteiger partial charge < -0.3 is 9.72 Å². The summed E-state index contributed by atoms with van der Waals surface area (Å²) in [7, 11) is 0. The van der Waals surface area contributed by atoms with Gasteiger partial charge in [0.15, 0.2) is 11.3 Å². The van der Waals surface area contributed by atoms with Crippen LogP contribution in [0.5, 0.6) is 0 Å². The SMILES string of the molecule is CCC1CC(OCc2cccc(C#N)c2)CC1c1nnc2cnc3[nH]ccc3n12. The van der Waals surface area contributed by atoms with E-state index in [1.54, 1.807) is 6.20 Å². The first-order chi connectivity index (χ1) is 14.3. The molecular formula is C22H22N6O. The summed E-state index contributed by atoms with van der Waals surface area (Å²) in [5.41, 5.74) is 4.33. The summed E-state index contributed by atoms with van der Waals surface area (Å²) >= 11 is 0. The van der Waals surface area contributed by atoms with Gasteiger partial charge in [-0.15, -0.1) is 10.2 Å². The Balaban J connectivity index is 1.39. The van der Waals surface area contributed by atoms with Crippen LogP contribution >= 0.6 is 0 Å². The zero-order chi connectivity index (χ0) is 19.8. The molecule has 7 heteroatoms. The van der Waals surface area contributed by atoms with Crippen molar-refractivity contribution < 1.29 is 4.74 Å². The molecule has 0 radical (unpaired) electrons. The molecule has 3 heterocycles. The van der Waals surface area contributed by atoms with Crippen molar-refractivity contribution in [2.75, 3.05) is 0 Å². The van der Waals surface area contributed by atoms with E-state index in [0.29, 0.717) is 24.0 Å². The van der Waals surface area contributed by atoms with E-state index in [4.69, 9.17) is 10.00 Å². The van der Waals surface area contributed by atoms with Gasteiger partial charge in [0.05, 0.1) is 36.1 Å². The molecule has 5 rings (SSSR count). The van der Waals surface area contributed by atoms with Gasteiger partial charge in [-0.05, 0) is 42.5 Å². The zero-order valence-corrected chi connectivity index (χ0v) is 16.2. The molecule has 0 bridgehead atoms. The predicted octanol–water partition coefficient (Wildman–Crippen LogP) is 3.97. The molecule has 3 aromatic heterocycles. The van der Waals surface area contributed by atoms with E-state index in [1.807, 2.05) is 36.5 Å². The molecule has 1 aliphatic carbocycles. The van der Waals surface area contributed by atoms with Gasteiger partial charge in [0.2, 0.25) is 0 Å². The highest BCUT2D eigenvalue weighted by atomic mass is 16.5. The van der Waals surface area contributed by atoms with Crippen molar-refractivity contribution in [1.82, 2.24) is 24.6 Å². The number of rotatable bonds is 5. The van der Waals surface area contributed by atoms with Crippen LogP contribution in [0, 0.1) is 17.2 Å². The molecule has 0 aliphatic heterocycles. The lowest BCUT2D eigenvalue weighted by atomic mass is 9.93. The summed E-state index contributed by atoms with van der Waals surface area (Å²) in [6.07, 6.45) is 6.84. The highest BCUT2D eigenvalue weighted by Gasteiger charge is 2.37. The maximum absolute atomic E-state index is 9.08. The molecule has 1 saturated carbocycles. The first-order valence-electron chi connectivity index (χ1n) is 10.0. The predicted molar refractivity (Wildman–Crippen MR) is 108 cm³/mol. The number of fused-ring (bicyclic) bond motifs is 3. The van der Waals surface area contributed by atoms with Gasteiger partial charge in [-0.1, -0.05) is 25.5 Å². The lowest BCUT2D eigenvalue weighted by Gasteiger charge is -2.15. The Hall–Kier alpha value is -3.24. The fourth-order valence-electron chi connectivity index (χ4n) is 4.56. The summed E-state index contributed by atoms with van der Waals surface area (Å²) in [5, 5.41) is 18.0. The van der Waals surface area contributed by atoms with Crippen LogP contribution in [0.2, 0.25) is 0 Å². The van der Waals surface area contributed by atoms with Gasteiger partial charge in [0, 0.05) is 12.1 Å². The molecule has 1 fully saturated rings. The molecule has 3 unspecified atom stereocenters. The molecule has 1 N–H and O–H groups in total. The minimum absolute atomic E-state index is 0.173. The van der Waals surface area contributed by atoms with Crippen LogP contribution in [0.3, 0.4) is 0 Å². The van der Waals surface area contributed by atoms with Crippen LogP contribution in [0.4, 0.5) is 0 Å². The van der Waals surface area contributed by atoms with E-state index in [0.717, 1.165) is 47.5 Å². The Bertz CT molecular complexity index is 1200. The van der Waals surface area contributed by atoms with E-state index in [-0.39, 0.29) is 6.10 Å². The number of aromatic amines is 1. The Labute approximate surface area is 168 Å². The molecule has 3 atom stereocenters. The second kappa shape index (κ2) is 7.30. The van der Waals surface area contributed by atoms with E-state index < -0.39 is 0 Å². The average Bonchev–Trinajstić information content (AvgIpc) is 3.48. The third kappa shape index (κ3) is 3.15. The number of ether oxygens (including phenoxy) is 1. The van der Waals surface area contributed by atoms with Crippen LogP contribution in [0.1, 0.15) is 49.1 Å². The Morgan fingerprint density at radius 3 is 3.07 bits per heavy atom. The summed E-state index contributed by atoms with van der Waals surface area (Å²) < 4.78 is 8.38. The maximum atomic E-state index is 9.08. The molecule has 7 nitrogen and oxygen atoms in total. The monoisotopic (exact) mass is 386 g/mol. The van der Waals surface area contributed by atoms with Gasteiger partial charge in [0.1, 0.15) is 5.82 Å². The summed E-state index contributed by atoms with van der Waals surface area (Å²) in [4.78, 5) is 7.58. The molecule has 1 aliphatic rings. The normalized spacial score (nSPS) is 21.7. The number of benzene rings is 1. The zero-order valence-electron chi connectivity index (χ0n) is 16.2. The minimum Gasteiger partial charge on any atom is -0.374 e. The molecular weight excluding hydrogens is 364 g/mol. The Morgan fingerprint density at radius 1 is 1.28 bits per heavy atom. The fourth-order valence-corrected chi connectivity index (χ4v) is 4.56. The molecule has 0 saturated heterocycles. The van der Waals surface area contributed by atoms with E-state index in [1.165, 1.54) is 0 Å². The standard InChI is InChI=1S/C22H22N6O/c1-2-16-9-17(29-13-15-5-3-4-14(8-15)11-23)10-18(16)22-27-26-20-12-25-21-19(28(20)22)6-7-24-21/h3-8,12,16-18,24H,2,9-10,13H2,1H3. The largest absolute Gasteiger partial charge is 0.374 e. The average molecular weight is 386 g/mol. The number of nitrogens with one attached hydrogen (secondary N) is 1. The highest BCUT2D eigenvalue weighted by molar-refractivity contribution is 5.74. The van der Waals surface area contributed by atoms with Gasteiger partial charge in [-0.2, -0.15) is 5.26 Å². The number of nitriles is 1. The molecule has 29 heavy (non-hydrogen) atoms. The van der Waals surface area contributed by atoms with Gasteiger partial charge in [-0.3, -0.25) is 4.40 Å². The van der Waals surface area contributed by atoms with E-state index >= 15 is 0 Å². The van der Waals surface area contributed by atoms with Crippen molar-refractivity contribution in [3.05, 3.63) is 59.7 Å². The van der Waals surface area contributed by atoms with Crippen molar-refractivity contribution in [2.24, 2.45) is 5.92 Å². The van der Waals surface area contributed by atoms with Crippen LogP contribution in [0.25, 0.3) is 16.8 Å². The lowest BCUT2D eigenvalue weighted by Crippen LogP contribution is -2.10. The molecule has 0 spiro atoms. The topological polar surface area (TPSA) is 91.9 Å². The van der Waals surface area contributed by atoms with Gasteiger partial charge in [0.25, 0.3) is 0 Å². The second-order valence-electron chi connectivity index (χ2n) is 7.71. The van der Waals surface area contributed by atoms with Crippen LogP contribution < -0.4 is 0 Å². The van der Waals surface area contributed by atoms with Crippen LogP contribution in [0.15, 0.2) is 42.7 Å². The first kappa shape index (κ1) is 17.8. The van der Waals surface area contributed by atoms with Crippen molar-refractivity contribution >= 4 is 16.8 Å². The lowest BCUT2D eigenvalue weighted by molar-refractivity contribution is 0.0422. The number of H-pyrrole nitrogens is 1. The molecule has 0 amide bonds. The second-order valence-corrected chi connectivity index (χ2v) is 7.71. The van der Waals surface area contributed by atoms with E-state index in [9.17, 15) is 0 Å². The van der Waals surface area contributed by atoms with Crippen molar-refractivity contribution in [3.63, 3.8) is 0 Å². The van der Waals surface area contributed by atoms with Gasteiger partial charge in [-0.25, -0.2) is 4.98 Å². The number of hydrogen-bond acceptors (Lipinski definition) is 5. The van der Waals surface area contributed by atoms with Crippen molar-refractivity contribution in [2.45, 2.75) is 44.8 Å². The molecule has 4 aromatic rings. The number of nitrogens with zero attached hydrogens (tertiary/aromatic N) is 5. The van der Waals surface area contributed by atoms with Crippen molar-refractivity contribution in [3.8, 4) is 6.07 Å². The smallest absolute Gasteiger partial charge is 0.179 e. The molecule has 1 aromatic carbocycles. The Kier molecular flexibility index (Phi) is 4.49. The maximum Gasteiger partial charge on any atom is 0.179 e. The third-order valence-electron chi connectivity index (χ3n) is 6.02. The first-order valence-corrected chi connectivity index (χ1v) is 10.0.